The molecule has 1 aromatic rings. The van der Waals surface area contributed by atoms with Gasteiger partial charge in [-0.2, -0.15) is 0 Å². The summed E-state index contributed by atoms with van der Waals surface area (Å²) in [6.07, 6.45) is 0. The monoisotopic (exact) mass is 390 g/mol. The summed E-state index contributed by atoms with van der Waals surface area (Å²) < 4.78 is 5.20. The normalized spacial score (nSPS) is 15.9. The minimum absolute atomic E-state index is 0.0207. The molecular weight excluding hydrogens is 356 g/mol. The predicted octanol–water partition coefficient (Wildman–Crippen LogP) is 1.19. The van der Waals surface area contributed by atoms with Crippen LogP contribution in [0.4, 0.5) is 0 Å². The molecule has 1 aliphatic rings. The van der Waals surface area contributed by atoms with E-state index in [2.05, 4.69) is 27.2 Å². The number of methoxy groups -OCH3 is 1. The molecule has 0 radical (unpaired) electrons. The summed E-state index contributed by atoms with van der Waals surface area (Å²) in [5.74, 6) is 0.715. The van der Waals surface area contributed by atoms with Crippen molar-refractivity contribution >= 4 is 11.8 Å². The second-order valence-electron chi connectivity index (χ2n) is 8.45. The molecule has 0 spiro atoms. The number of hydrogen-bond acceptors (Lipinski definition) is 5. The molecular formula is C21H34N4O3. The van der Waals surface area contributed by atoms with Gasteiger partial charge in [0, 0.05) is 45.3 Å². The number of likely N-dealkylation sites (N-methyl/N-ethyl adjacent to an activating group) is 1. The third-order valence-electron chi connectivity index (χ3n) is 4.71. The molecule has 1 fully saturated rings. The Balaban J connectivity index is 1.72. The number of carbonyl (C=O) groups is 2. The van der Waals surface area contributed by atoms with Crippen molar-refractivity contribution in [2.45, 2.75) is 32.9 Å². The van der Waals surface area contributed by atoms with Gasteiger partial charge in [0.25, 0.3) is 0 Å². The van der Waals surface area contributed by atoms with Gasteiger partial charge < -0.3 is 15.0 Å². The largest absolute Gasteiger partial charge is 0.497 e. The first-order valence-electron chi connectivity index (χ1n) is 9.79. The van der Waals surface area contributed by atoms with Crippen molar-refractivity contribution in [2.75, 3.05) is 53.4 Å². The maximum Gasteiger partial charge on any atom is 0.240 e. The fourth-order valence-electron chi connectivity index (χ4n) is 3.17. The standard InChI is InChI=1S/C21H34N4O3/c1-21(2,3)22-19(26)15-23(4)20(27)16-25-12-10-24(11-13-25)14-17-6-8-18(28-5)9-7-17/h6-9H,10-16H2,1-5H3,(H,22,26). The summed E-state index contributed by atoms with van der Waals surface area (Å²) in [7, 11) is 3.36. The van der Waals surface area contributed by atoms with Gasteiger partial charge in [0.15, 0.2) is 0 Å². The molecule has 1 aliphatic heterocycles. The smallest absolute Gasteiger partial charge is 0.240 e. The number of ether oxygens (including phenoxy) is 1. The molecule has 0 bridgehead atoms. The van der Waals surface area contributed by atoms with Crippen LogP contribution in [0.5, 0.6) is 5.75 Å². The molecule has 28 heavy (non-hydrogen) atoms. The maximum atomic E-state index is 12.4. The number of nitrogens with zero attached hydrogens (tertiary/aromatic N) is 3. The summed E-state index contributed by atoms with van der Waals surface area (Å²) in [6, 6.07) is 8.14. The Labute approximate surface area is 168 Å². The van der Waals surface area contributed by atoms with Gasteiger partial charge in [-0.15, -0.1) is 0 Å². The van der Waals surface area contributed by atoms with E-state index in [-0.39, 0.29) is 23.9 Å². The molecule has 7 nitrogen and oxygen atoms in total. The highest BCUT2D eigenvalue weighted by atomic mass is 16.5. The van der Waals surface area contributed by atoms with E-state index in [0.29, 0.717) is 6.54 Å². The van der Waals surface area contributed by atoms with Crippen LogP contribution in [0.1, 0.15) is 26.3 Å². The molecule has 1 saturated heterocycles. The first kappa shape index (κ1) is 22.2. The Kier molecular flexibility index (Phi) is 7.83. The van der Waals surface area contributed by atoms with Crippen LogP contribution in [0, 0.1) is 0 Å². The van der Waals surface area contributed by atoms with Crippen LogP contribution >= 0.6 is 0 Å². The quantitative estimate of drug-likeness (QED) is 0.758. The first-order chi connectivity index (χ1) is 13.2. The second-order valence-corrected chi connectivity index (χ2v) is 8.45. The number of rotatable bonds is 7. The van der Waals surface area contributed by atoms with E-state index in [4.69, 9.17) is 4.74 Å². The Morgan fingerprint density at radius 1 is 1.07 bits per heavy atom. The van der Waals surface area contributed by atoms with Crippen LogP contribution < -0.4 is 10.1 Å². The van der Waals surface area contributed by atoms with Crippen molar-refractivity contribution in [2.24, 2.45) is 0 Å². The summed E-state index contributed by atoms with van der Waals surface area (Å²) in [6.45, 7) is 10.7. The summed E-state index contributed by atoms with van der Waals surface area (Å²) in [4.78, 5) is 30.5. The molecule has 0 saturated carbocycles. The zero-order valence-electron chi connectivity index (χ0n) is 17.8. The lowest BCUT2D eigenvalue weighted by molar-refractivity contribution is -0.136. The molecule has 1 heterocycles. The molecule has 1 aromatic carbocycles. The number of nitrogens with one attached hydrogen (secondary N) is 1. The van der Waals surface area contributed by atoms with E-state index in [1.54, 1.807) is 14.2 Å². The van der Waals surface area contributed by atoms with E-state index < -0.39 is 0 Å². The van der Waals surface area contributed by atoms with E-state index in [1.807, 2.05) is 32.9 Å². The zero-order valence-corrected chi connectivity index (χ0v) is 17.8. The summed E-state index contributed by atoms with van der Waals surface area (Å²) in [5, 5.41) is 2.88. The minimum atomic E-state index is -0.290. The van der Waals surface area contributed by atoms with Crippen molar-refractivity contribution in [3.8, 4) is 5.75 Å². The lowest BCUT2D eigenvalue weighted by Crippen LogP contribution is -2.51. The molecule has 1 N–H and O–H groups in total. The van der Waals surface area contributed by atoms with Gasteiger partial charge in [-0.1, -0.05) is 12.1 Å². The van der Waals surface area contributed by atoms with E-state index in [9.17, 15) is 9.59 Å². The average Bonchev–Trinajstić information content (AvgIpc) is 2.62. The Hall–Kier alpha value is -2.12. The van der Waals surface area contributed by atoms with E-state index in [1.165, 1.54) is 10.5 Å². The molecule has 156 valence electrons. The predicted molar refractivity (Wildman–Crippen MR) is 110 cm³/mol. The van der Waals surface area contributed by atoms with Crippen molar-refractivity contribution in [1.82, 2.24) is 20.0 Å². The highest BCUT2D eigenvalue weighted by Crippen LogP contribution is 2.14. The Morgan fingerprint density at radius 2 is 1.64 bits per heavy atom. The zero-order chi connectivity index (χ0) is 20.7. The number of benzene rings is 1. The molecule has 2 rings (SSSR count). The van der Waals surface area contributed by atoms with Gasteiger partial charge in [-0.25, -0.2) is 0 Å². The van der Waals surface area contributed by atoms with Crippen molar-refractivity contribution < 1.29 is 14.3 Å². The molecule has 7 heteroatoms. The van der Waals surface area contributed by atoms with Gasteiger partial charge in [0.2, 0.25) is 11.8 Å². The highest BCUT2D eigenvalue weighted by Gasteiger charge is 2.22. The van der Waals surface area contributed by atoms with Crippen LogP contribution in [-0.2, 0) is 16.1 Å². The lowest BCUT2D eigenvalue weighted by atomic mass is 10.1. The molecule has 2 amide bonds. The van der Waals surface area contributed by atoms with Crippen LogP contribution in [0.25, 0.3) is 0 Å². The number of hydrogen-bond donors (Lipinski definition) is 1. The van der Waals surface area contributed by atoms with Crippen LogP contribution in [0.3, 0.4) is 0 Å². The molecule has 0 atom stereocenters. The van der Waals surface area contributed by atoms with Gasteiger partial charge in [0.05, 0.1) is 20.2 Å². The SMILES string of the molecule is COc1ccc(CN2CCN(CC(=O)N(C)CC(=O)NC(C)(C)C)CC2)cc1. The number of carbonyl (C=O) groups excluding carboxylic acids is 2. The summed E-state index contributed by atoms with van der Waals surface area (Å²) in [5.41, 5.74) is 0.969. The minimum Gasteiger partial charge on any atom is -0.497 e. The van der Waals surface area contributed by atoms with Gasteiger partial charge in [-0.3, -0.25) is 19.4 Å². The van der Waals surface area contributed by atoms with Gasteiger partial charge >= 0.3 is 0 Å². The third-order valence-corrected chi connectivity index (χ3v) is 4.71. The third kappa shape index (κ3) is 7.48. The topological polar surface area (TPSA) is 65.1 Å². The molecule has 0 aromatic heterocycles. The average molecular weight is 391 g/mol. The lowest BCUT2D eigenvalue weighted by Gasteiger charge is -2.35. The number of amides is 2. The molecule has 0 aliphatic carbocycles. The van der Waals surface area contributed by atoms with Crippen LogP contribution in [0.15, 0.2) is 24.3 Å². The van der Waals surface area contributed by atoms with Crippen molar-refractivity contribution in [3.63, 3.8) is 0 Å². The van der Waals surface area contributed by atoms with Crippen molar-refractivity contribution in [3.05, 3.63) is 29.8 Å². The Morgan fingerprint density at radius 3 is 2.18 bits per heavy atom. The molecule has 0 unspecified atom stereocenters. The van der Waals surface area contributed by atoms with Crippen LogP contribution in [-0.4, -0.2) is 85.5 Å². The highest BCUT2D eigenvalue weighted by molar-refractivity contribution is 5.85. The fraction of sp³-hybridized carbons (Fsp3) is 0.619. The van der Waals surface area contributed by atoms with Gasteiger partial charge in [-0.05, 0) is 38.5 Å². The fourth-order valence-corrected chi connectivity index (χ4v) is 3.17. The first-order valence-corrected chi connectivity index (χ1v) is 9.79. The maximum absolute atomic E-state index is 12.4. The van der Waals surface area contributed by atoms with Crippen molar-refractivity contribution in [1.29, 1.82) is 0 Å². The van der Waals surface area contributed by atoms with Gasteiger partial charge in [0.1, 0.15) is 5.75 Å². The summed E-state index contributed by atoms with van der Waals surface area (Å²) >= 11 is 0. The second kappa shape index (κ2) is 9.89. The Bertz CT molecular complexity index is 647. The van der Waals surface area contributed by atoms with E-state index >= 15 is 0 Å². The van der Waals surface area contributed by atoms with Crippen LogP contribution in [0.2, 0.25) is 0 Å². The number of piperazine rings is 1. The van der Waals surface area contributed by atoms with E-state index in [0.717, 1.165) is 38.5 Å².